The van der Waals surface area contributed by atoms with Crippen molar-refractivity contribution in [3.63, 3.8) is 0 Å². The number of aliphatic hydroxyl groups is 1. The second-order valence-electron chi connectivity index (χ2n) is 29.0. The number of allylic oxidation sites excluding steroid dienone is 6. The van der Waals surface area contributed by atoms with Gasteiger partial charge in [-0.25, -0.2) is 14.4 Å². The van der Waals surface area contributed by atoms with Gasteiger partial charge in [0.05, 0.1) is 6.10 Å². The van der Waals surface area contributed by atoms with Crippen LogP contribution in [0.4, 0.5) is 9.59 Å². The number of benzene rings is 6. The normalized spacial score (nSPS) is 16.7. The molecule has 2 aliphatic carbocycles. The van der Waals surface area contributed by atoms with Gasteiger partial charge in [0.25, 0.3) is 0 Å². The van der Waals surface area contributed by atoms with Gasteiger partial charge in [0.2, 0.25) is 11.8 Å². The van der Waals surface area contributed by atoms with Crippen molar-refractivity contribution >= 4 is 76.4 Å². The van der Waals surface area contributed by atoms with Crippen molar-refractivity contribution in [2.75, 3.05) is 67.1 Å². The zero-order valence-electron chi connectivity index (χ0n) is 61.5. The second-order valence-corrected chi connectivity index (χ2v) is 33.0. The third-order valence-electron chi connectivity index (χ3n) is 21.1. The monoisotopic (exact) mass is 1420 g/mol. The minimum absolute atomic E-state index is 0.0173. The van der Waals surface area contributed by atoms with Crippen molar-refractivity contribution in [1.82, 2.24) is 24.9 Å². The first-order valence-electron chi connectivity index (χ1n) is 35.1. The number of rotatable bonds is 25. The van der Waals surface area contributed by atoms with Crippen LogP contribution in [0.1, 0.15) is 145 Å². The topological polar surface area (TPSA) is 236 Å². The number of carbonyl (C=O) groups is 9. The molecule has 20 heteroatoms. The molecule has 19 nitrogen and oxygen atoms in total. The number of nitrogens with zero attached hydrogens (tertiary/aromatic N) is 4. The molecular formula is C83H94N5O14P. The molecule has 0 bridgehead atoms. The first-order valence-corrected chi connectivity index (χ1v) is 37.3. The fraction of sp³-hybridized carbons (Fsp3) is 0.361. The first kappa shape index (κ1) is 75.6. The van der Waals surface area contributed by atoms with Crippen molar-refractivity contribution in [1.29, 1.82) is 0 Å². The molecule has 0 saturated heterocycles. The summed E-state index contributed by atoms with van der Waals surface area (Å²) in [5, 5.41) is 18.4. The quantitative estimate of drug-likeness (QED) is 0.0235. The summed E-state index contributed by atoms with van der Waals surface area (Å²) in [5.41, 5.74) is 1.17. The number of fused-ring (bicyclic) bond motifs is 6. The number of hydrogen-bond acceptors (Lipinski definition) is 14. The van der Waals surface area contributed by atoms with Gasteiger partial charge in [-0.05, 0) is 93.5 Å². The summed E-state index contributed by atoms with van der Waals surface area (Å²) in [4.78, 5) is 129. The Morgan fingerprint density at radius 3 is 1.48 bits per heavy atom. The van der Waals surface area contributed by atoms with E-state index in [2.05, 4.69) is 96.3 Å². The Bertz CT molecular complexity index is 4420. The maximum Gasteiger partial charge on any atom is 0.185 e. The van der Waals surface area contributed by atoms with Crippen LogP contribution in [0.5, 0.6) is 23.0 Å². The van der Waals surface area contributed by atoms with E-state index in [9.17, 15) is 48.3 Å². The molecule has 2 heterocycles. The molecule has 2 N–H and O–H groups in total. The van der Waals surface area contributed by atoms with Crippen molar-refractivity contribution in [3.05, 3.63) is 218 Å². The SMILES string of the molecule is CC1=C(C)C(=O)C(C(C)(C)CC(=O)N(C)CCN(C)C(=O)Oc2ccc3c(c2)Oc2cc(OC(=O)N(C)CCN(C)C(=O)CC(C)(C)C4=C(C)C(=O)C(C)=C(C)C4O)ccc2C32OC(=O)c3ccc(C(=O)NCCCCCC[PH](c4ccccc4)(c4ccccc4)c4ccccc4)cc32)=C(C)C1=O. The molecule has 0 fully saturated rings. The molecule has 6 aromatic carbocycles. The Morgan fingerprint density at radius 2 is 0.971 bits per heavy atom. The molecule has 6 aromatic rings. The maximum atomic E-state index is 14.3. The number of amides is 5. The molecule has 1 spiro atoms. The van der Waals surface area contributed by atoms with Crippen LogP contribution >= 0.6 is 7.26 Å². The van der Waals surface area contributed by atoms with E-state index >= 15 is 0 Å². The van der Waals surface area contributed by atoms with Gasteiger partial charge in [-0.15, -0.1) is 0 Å². The van der Waals surface area contributed by atoms with E-state index < -0.39 is 48.0 Å². The number of esters is 1. The van der Waals surface area contributed by atoms with Gasteiger partial charge < -0.3 is 43.7 Å². The van der Waals surface area contributed by atoms with E-state index in [1.165, 1.54) is 73.9 Å². The molecule has 4 aliphatic rings. The number of nitrogens with one attached hydrogen (secondary N) is 1. The van der Waals surface area contributed by atoms with Crippen LogP contribution in [0.25, 0.3) is 0 Å². The van der Waals surface area contributed by atoms with Gasteiger partial charge in [-0.1, -0.05) is 27.7 Å². The van der Waals surface area contributed by atoms with Crippen LogP contribution in [0.15, 0.2) is 190 Å². The van der Waals surface area contributed by atoms with Crippen LogP contribution in [-0.2, 0) is 34.3 Å². The number of unbranched alkanes of at least 4 members (excludes halogenated alkanes) is 3. The summed E-state index contributed by atoms with van der Waals surface area (Å²) in [6.07, 6.45) is 1.90. The van der Waals surface area contributed by atoms with E-state index in [-0.39, 0.29) is 108 Å². The summed E-state index contributed by atoms with van der Waals surface area (Å²) in [5.74, 6) is -2.01. The minimum Gasteiger partial charge on any atom is -0.289 e. The van der Waals surface area contributed by atoms with Crippen LogP contribution in [0, 0.1) is 10.8 Å². The summed E-state index contributed by atoms with van der Waals surface area (Å²) < 4.78 is 25.0. The molecule has 2 unspecified atom stereocenters. The third-order valence-corrected chi connectivity index (χ3v) is 26.2. The van der Waals surface area contributed by atoms with E-state index in [0.717, 1.165) is 31.8 Å². The Kier molecular flexibility index (Phi) is 22.6. The average molecular weight is 1420 g/mol. The molecule has 0 saturated carbocycles. The van der Waals surface area contributed by atoms with Gasteiger partial charge in [-0.2, -0.15) is 0 Å². The van der Waals surface area contributed by atoms with E-state index in [4.69, 9.17) is 18.9 Å². The number of carbonyl (C=O) groups excluding carboxylic acids is 9. The standard InChI is InChI=1S/C83H94N5O14P/c1-51-53(3)75(93)71(55(5)73(51)91)81(7,8)49-69(89)85(11)41-43-87(13)79(97)99-58-35-38-64-67(47-58)101-68-48-59(100-80(98)88(14)44-42-86(12)70(90)50-82(9,10)72-56(6)74(92)52(2)54(4)76(72)94)36-39-65(68)83(64)66-46-57(34-37-63(66)78(96)102-83)77(95)84-40-26-15-16-27-45-103(60-28-20-17-21-29-60,61-30-22-18-23-31-61)62-32-24-19-25-33-62/h17-25,28-39,46-48,75,93,103H,15-16,26-27,40-45,49-50H2,1-14H3,(H,84,95). The number of likely N-dealkylation sites (N-methyl/N-ethyl adjacent to an activating group) is 4. The van der Waals surface area contributed by atoms with Gasteiger partial charge in [0.15, 0.2) is 17.3 Å². The Morgan fingerprint density at radius 1 is 0.515 bits per heavy atom. The van der Waals surface area contributed by atoms with E-state index in [1.807, 2.05) is 13.8 Å². The summed E-state index contributed by atoms with van der Waals surface area (Å²) >= 11 is 0. The van der Waals surface area contributed by atoms with Crippen molar-refractivity contribution in [2.45, 2.75) is 119 Å². The molecule has 540 valence electrons. The third kappa shape index (κ3) is 15.2. The van der Waals surface area contributed by atoms with Crippen molar-refractivity contribution in [3.8, 4) is 23.0 Å². The second kappa shape index (κ2) is 30.8. The number of ether oxygens (including phenoxy) is 4. The molecule has 5 amide bonds. The van der Waals surface area contributed by atoms with Gasteiger partial charge in [0, 0.05) is 118 Å². The van der Waals surface area contributed by atoms with Crippen LogP contribution in [0.2, 0.25) is 0 Å². The Hall–Kier alpha value is -10.1. The van der Waals surface area contributed by atoms with Crippen molar-refractivity contribution < 1.29 is 67.2 Å². The fourth-order valence-corrected chi connectivity index (χ4v) is 19.7. The predicted octanol–water partition coefficient (Wildman–Crippen LogP) is 12.3. The summed E-state index contributed by atoms with van der Waals surface area (Å²) in [6.45, 7) is 17.8. The molecule has 0 radical (unpaired) electrons. The van der Waals surface area contributed by atoms with Gasteiger partial charge in [-0.3, -0.25) is 24.0 Å². The van der Waals surface area contributed by atoms with E-state index in [0.29, 0.717) is 67.8 Å². The number of hydrogen-bond donors (Lipinski definition) is 2. The molecule has 0 aromatic heterocycles. The molecule has 2 atom stereocenters. The molecular weight excluding hydrogens is 1320 g/mol. The van der Waals surface area contributed by atoms with Crippen LogP contribution in [0.3, 0.4) is 0 Å². The van der Waals surface area contributed by atoms with Crippen LogP contribution in [-0.4, -0.2) is 151 Å². The largest absolute Gasteiger partial charge is 0.289 e. The molecule has 2 aliphatic heterocycles. The number of Topliss-reactive ketones (excluding diaryl/α,β-unsaturated/α-hetero) is 3. The maximum absolute atomic E-state index is 14.3. The van der Waals surface area contributed by atoms with Gasteiger partial charge in [0.1, 0.15) is 23.0 Å². The smallest absolute Gasteiger partial charge is 0.185 e. The van der Waals surface area contributed by atoms with Crippen LogP contribution < -0.4 is 35.4 Å². The average Bonchev–Trinajstić information content (AvgIpc) is 1.58. The van der Waals surface area contributed by atoms with Crippen molar-refractivity contribution in [2.24, 2.45) is 10.8 Å². The molecule has 103 heavy (non-hydrogen) atoms. The van der Waals surface area contributed by atoms with Gasteiger partial charge >= 0.3 is 227 Å². The summed E-state index contributed by atoms with van der Waals surface area (Å²) in [7, 11) is 3.82. The predicted molar refractivity (Wildman–Crippen MR) is 399 cm³/mol. The number of ketones is 3. The zero-order chi connectivity index (χ0) is 74.6. The fourth-order valence-electron chi connectivity index (χ4n) is 14.8. The van der Waals surface area contributed by atoms with E-state index in [1.54, 1.807) is 99.8 Å². The Labute approximate surface area is 603 Å². The Balaban J connectivity index is 0.848. The first-order chi connectivity index (χ1) is 48.8. The minimum atomic E-state index is -2.41. The molecule has 10 rings (SSSR count). The zero-order valence-corrected chi connectivity index (χ0v) is 62.5. The number of aliphatic hydroxyl groups excluding tert-OH is 1. The summed E-state index contributed by atoms with van der Waals surface area (Å²) in [6, 6.07) is 46.5.